The van der Waals surface area contributed by atoms with Crippen molar-refractivity contribution in [1.82, 2.24) is 25.1 Å². The van der Waals surface area contributed by atoms with E-state index in [4.69, 9.17) is 4.74 Å². The van der Waals surface area contributed by atoms with Gasteiger partial charge in [0.15, 0.2) is 0 Å². The number of ether oxygens (including phenoxy) is 1. The number of hydrogen-bond donors (Lipinski definition) is 3. The van der Waals surface area contributed by atoms with Crippen LogP contribution in [0.15, 0.2) is 36.7 Å². The van der Waals surface area contributed by atoms with Crippen molar-refractivity contribution in [2.45, 2.75) is 13.5 Å². The fraction of sp³-hybridized carbons (Fsp3) is 0.278. The lowest BCUT2D eigenvalue weighted by Crippen LogP contribution is -2.05. The smallest absolute Gasteiger partial charge is 0.229 e. The molecule has 0 bridgehead atoms. The average Bonchev–Trinajstić information content (AvgIpc) is 3.10. The highest BCUT2D eigenvalue weighted by molar-refractivity contribution is 5.63. The summed E-state index contributed by atoms with van der Waals surface area (Å²) in [5.74, 6) is 2.02. The van der Waals surface area contributed by atoms with Crippen molar-refractivity contribution in [3.05, 3.63) is 47.9 Å². The first-order valence-electron chi connectivity index (χ1n) is 8.30. The lowest BCUT2D eigenvalue weighted by molar-refractivity contribution is 0.412. The number of aromatic nitrogens is 4. The summed E-state index contributed by atoms with van der Waals surface area (Å²) in [6.07, 6.45) is 3.80. The summed E-state index contributed by atoms with van der Waals surface area (Å²) in [5, 5.41) is 13.8. The number of aryl methyl sites for hydroxylation is 1. The molecular weight excluding hydrogens is 330 g/mol. The zero-order valence-electron chi connectivity index (χ0n) is 15.4. The van der Waals surface area contributed by atoms with E-state index < -0.39 is 0 Å². The molecule has 136 valence electrons. The normalized spacial score (nSPS) is 10.6. The molecule has 0 fully saturated rings. The predicted octanol–water partition coefficient (Wildman–Crippen LogP) is 2.48. The third-order valence-electron chi connectivity index (χ3n) is 3.81. The summed E-state index contributed by atoms with van der Waals surface area (Å²) < 4.78 is 7.28. The van der Waals surface area contributed by atoms with Gasteiger partial charge in [0.25, 0.3) is 0 Å². The van der Waals surface area contributed by atoms with Crippen LogP contribution in [0.5, 0.6) is 5.75 Å². The van der Waals surface area contributed by atoms with Gasteiger partial charge in [-0.2, -0.15) is 10.1 Å². The monoisotopic (exact) mass is 353 g/mol. The van der Waals surface area contributed by atoms with Gasteiger partial charge in [-0.15, -0.1) is 0 Å². The van der Waals surface area contributed by atoms with E-state index in [0.717, 1.165) is 40.7 Å². The predicted molar refractivity (Wildman–Crippen MR) is 102 cm³/mol. The molecule has 2 heterocycles. The molecule has 1 aromatic carbocycles. The van der Waals surface area contributed by atoms with Crippen molar-refractivity contribution in [3.8, 4) is 11.4 Å². The number of benzene rings is 1. The molecule has 8 nitrogen and oxygen atoms in total. The van der Waals surface area contributed by atoms with Crippen LogP contribution in [0.4, 0.5) is 17.5 Å². The Labute approximate surface area is 152 Å². The largest absolute Gasteiger partial charge is 0.494 e. The van der Waals surface area contributed by atoms with Crippen LogP contribution >= 0.6 is 0 Å². The standard InChI is InChI=1S/C18H23N7O/c1-12-7-17(20-3)24-18(22-12)23-14-5-6-16(26-4)15(8-14)25-11-13(9-19-2)10-21-25/h5-8,10-11,19H,9H2,1-4H3,(H2,20,22,23,24). The minimum Gasteiger partial charge on any atom is -0.494 e. The van der Waals surface area contributed by atoms with Gasteiger partial charge in [-0.25, -0.2) is 9.67 Å². The summed E-state index contributed by atoms with van der Waals surface area (Å²) in [5.41, 5.74) is 3.65. The number of nitrogens with zero attached hydrogens (tertiary/aromatic N) is 4. The average molecular weight is 353 g/mol. The highest BCUT2D eigenvalue weighted by Crippen LogP contribution is 2.27. The van der Waals surface area contributed by atoms with Crippen molar-refractivity contribution in [3.63, 3.8) is 0 Å². The molecule has 0 unspecified atom stereocenters. The number of anilines is 3. The Morgan fingerprint density at radius 1 is 1.15 bits per heavy atom. The summed E-state index contributed by atoms with van der Waals surface area (Å²) >= 11 is 0. The van der Waals surface area contributed by atoms with Crippen molar-refractivity contribution >= 4 is 17.5 Å². The highest BCUT2D eigenvalue weighted by atomic mass is 16.5. The molecule has 3 N–H and O–H groups in total. The minimum atomic E-state index is 0.529. The van der Waals surface area contributed by atoms with Gasteiger partial charge in [-0.05, 0) is 32.2 Å². The maximum absolute atomic E-state index is 5.48. The summed E-state index contributed by atoms with van der Waals surface area (Å²) in [4.78, 5) is 8.85. The van der Waals surface area contributed by atoms with Crippen LogP contribution in [-0.2, 0) is 6.54 Å². The Morgan fingerprint density at radius 3 is 2.73 bits per heavy atom. The fourth-order valence-electron chi connectivity index (χ4n) is 2.62. The molecule has 3 aromatic rings. The number of methoxy groups -OCH3 is 1. The van der Waals surface area contributed by atoms with Crippen molar-refractivity contribution in [2.75, 3.05) is 31.8 Å². The van der Waals surface area contributed by atoms with Gasteiger partial charge in [0, 0.05) is 42.8 Å². The molecule has 3 rings (SSSR count). The minimum absolute atomic E-state index is 0.529. The maximum Gasteiger partial charge on any atom is 0.229 e. The van der Waals surface area contributed by atoms with Crippen LogP contribution < -0.4 is 20.7 Å². The second kappa shape index (κ2) is 7.83. The first-order valence-corrected chi connectivity index (χ1v) is 8.30. The SMILES string of the molecule is CNCc1cnn(-c2cc(Nc3nc(C)cc(NC)n3)ccc2OC)c1. The van der Waals surface area contributed by atoms with Crippen LogP contribution in [0, 0.1) is 6.92 Å². The molecule has 0 radical (unpaired) electrons. The van der Waals surface area contributed by atoms with E-state index >= 15 is 0 Å². The molecule has 8 heteroatoms. The molecule has 0 aliphatic heterocycles. The van der Waals surface area contributed by atoms with Gasteiger partial charge >= 0.3 is 0 Å². The molecule has 0 aliphatic rings. The van der Waals surface area contributed by atoms with E-state index in [0.29, 0.717) is 5.95 Å². The van der Waals surface area contributed by atoms with Crippen LogP contribution in [0.3, 0.4) is 0 Å². The van der Waals surface area contributed by atoms with Crippen LogP contribution in [-0.4, -0.2) is 41.0 Å². The molecule has 0 saturated heterocycles. The van der Waals surface area contributed by atoms with E-state index in [1.807, 2.05) is 57.7 Å². The molecule has 0 atom stereocenters. The van der Waals surface area contributed by atoms with Gasteiger partial charge in [-0.1, -0.05) is 0 Å². The molecule has 26 heavy (non-hydrogen) atoms. The third kappa shape index (κ3) is 3.92. The quantitative estimate of drug-likeness (QED) is 0.601. The Morgan fingerprint density at radius 2 is 2.00 bits per heavy atom. The molecule has 0 amide bonds. The Hall–Kier alpha value is -3.13. The van der Waals surface area contributed by atoms with Crippen LogP contribution in [0.1, 0.15) is 11.3 Å². The van der Waals surface area contributed by atoms with Gasteiger partial charge < -0.3 is 20.7 Å². The Bertz CT molecular complexity index is 891. The number of nitrogens with one attached hydrogen (secondary N) is 3. The first-order chi connectivity index (χ1) is 12.6. The van der Waals surface area contributed by atoms with E-state index in [1.54, 1.807) is 11.8 Å². The van der Waals surface area contributed by atoms with E-state index in [1.165, 1.54) is 0 Å². The lowest BCUT2D eigenvalue weighted by atomic mass is 10.2. The van der Waals surface area contributed by atoms with Gasteiger partial charge in [0.05, 0.1) is 13.3 Å². The highest BCUT2D eigenvalue weighted by Gasteiger charge is 2.10. The second-order valence-electron chi connectivity index (χ2n) is 5.80. The van der Waals surface area contributed by atoms with Gasteiger partial charge in [0.2, 0.25) is 5.95 Å². The topological polar surface area (TPSA) is 88.9 Å². The van der Waals surface area contributed by atoms with Crippen LogP contribution in [0.2, 0.25) is 0 Å². The van der Waals surface area contributed by atoms with Gasteiger partial charge in [0.1, 0.15) is 17.3 Å². The zero-order valence-corrected chi connectivity index (χ0v) is 15.4. The van der Waals surface area contributed by atoms with Crippen molar-refractivity contribution < 1.29 is 4.74 Å². The summed E-state index contributed by atoms with van der Waals surface area (Å²) in [6.45, 7) is 2.68. The van der Waals surface area contributed by atoms with E-state index in [9.17, 15) is 0 Å². The molecule has 0 spiro atoms. The fourth-order valence-corrected chi connectivity index (χ4v) is 2.62. The second-order valence-corrected chi connectivity index (χ2v) is 5.80. The summed E-state index contributed by atoms with van der Waals surface area (Å²) in [6, 6.07) is 7.66. The first kappa shape index (κ1) is 17.7. The molecular formula is C18H23N7O. The summed E-state index contributed by atoms with van der Waals surface area (Å²) in [7, 11) is 5.38. The number of rotatable bonds is 7. The maximum atomic E-state index is 5.48. The molecule has 0 aliphatic carbocycles. The van der Waals surface area contributed by atoms with E-state index in [-0.39, 0.29) is 0 Å². The van der Waals surface area contributed by atoms with Gasteiger partial charge in [-0.3, -0.25) is 0 Å². The number of hydrogen-bond acceptors (Lipinski definition) is 7. The van der Waals surface area contributed by atoms with Crippen molar-refractivity contribution in [2.24, 2.45) is 0 Å². The van der Waals surface area contributed by atoms with Crippen molar-refractivity contribution in [1.29, 1.82) is 0 Å². The molecule has 0 saturated carbocycles. The van der Waals surface area contributed by atoms with E-state index in [2.05, 4.69) is 31.0 Å². The zero-order chi connectivity index (χ0) is 18.5. The lowest BCUT2D eigenvalue weighted by Gasteiger charge is -2.12. The molecule has 2 aromatic heterocycles. The third-order valence-corrected chi connectivity index (χ3v) is 3.81. The van der Waals surface area contributed by atoms with Crippen LogP contribution in [0.25, 0.3) is 5.69 Å². The Kier molecular flexibility index (Phi) is 5.33. The Balaban J connectivity index is 1.93.